The van der Waals surface area contributed by atoms with Gasteiger partial charge in [0.2, 0.25) is 5.91 Å². The monoisotopic (exact) mass is 240 g/mol. The van der Waals surface area contributed by atoms with Gasteiger partial charge in [-0.3, -0.25) is 4.79 Å². The molecule has 1 heterocycles. The standard InChI is InChI=1S/C12H20N2OS/c1-9(2)12(10-5-4-8-16-10)14-11(15)6-3-7-13/h4-5,8-9,12H,3,6-7,13H2,1-2H3,(H,14,15). The molecule has 0 bridgehead atoms. The van der Waals surface area contributed by atoms with Crippen LogP contribution in [0.4, 0.5) is 0 Å². The van der Waals surface area contributed by atoms with Crippen molar-refractivity contribution in [1.29, 1.82) is 0 Å². The SMILES string of the molecule is CC(C)C(NC(=O)CCCN)c1cccs1. The molecule has 0 aliphatic carbocycles. The van der Waals surface area contributed by atoms with Crippen molar-refractivity contribution < 1.29 is 4.79 Å². The third-order valence-electron chi connectivity index (χ3n) is 2.44. The van der Waals surface area contributed by atoms with E-state index in [-0.39, 0.29) is 11.9 Å². The van der Waals surface area contributed by atoms with Crippen LogP contribution in [0.1, 0.15) is 37.6 Å². The summed E-state index contributed by atoms with van der Waals surface area (Å²) in [4.78, 5) is 12.9. The van der Waals surface area contributed by atoms with Crippen LogP contribution in [0.25, 0.3) is 0 Å². The van der Waals surface area contributed by atoms with Crippen molar-refractivity contribution in [2.24, 2.45) is 11.7 Å². The average molecular weight is 240 g/mol. The average Bonchev–Trinajstić information content (AvgIpc) is 2.75. The van der Waals surface area contributed by atoms with Crippen molar-refractivity contribution >= 4 is 17.2 Å². The summed E-state index contributed by atoms with van der Waals surface area (Å²) in [6, 6.07) is 4.21. The van der Waals surface area contributed by atoms with Crippen LogP contribution in [0.2, 0.25) is 0 Å². The minimum absolute atomic E-state index is 0.0950. The number of hydrogen-bond acceptors (Lipinski definition) is 3. The van der Waals surface area contributed by atoms with Crippen LogP contribution < -0.4 is 11.1 Å². The lowest BCUT2D eigenvalue weighted by Gasteiger charge is -2.21. The fourth-order valence-electron chi connectivity index (χ4n) is 1.54. The second kappa shape index (κ2) is 6.66. The minimum Gasteiger partial charge on any atom is -0.348 e. The van der Waals surface area contributed by atoms with Gasteiger partial charge in [-0.2, -0.15) is 0 Å². The van der Waals surface area contributed by atoms with E-state index in [1.165, 1.54) is 4.88 Å². The fourth-order valence-corrected chi connectivity index (χ4v) is 2.49. The van der Waals surface area contributed by atoms with Gasteiger partial charge in [0.1, 0.15) is 0 Å². The Balaban J connectivity index is 2.56. The molecule has 0 spiro atoms. The molecule has 1 unspecified atom stereocenters. The number of nitrogens with two attached hydrogens (primary N) is 1. The topological polar surface area (TPSA) is 55.1 Å². The Labute approximate surface area is 101 Å². The lowest BCUT2D eigenvalue weighted by Crippen LogP contribution is -2.31. The van der Waals surface area contributed by atoms with Gasteiger partial charge in [-0.25, -0.2) is 0 Å². The lowest BCUT2D eigenvalue weighted by atomic mass is 10.0. The number of rotatable bonds is 6. The van der Waals surface area contributed by atoms with Crippen LogP contribution in [-0.4, -0.2) is 12.5 Å². The van der Waals surface area contributed by atoms with E-state index in [0.717, 1.165) is 6.42 Å². The Kier molecular flexibility index (Phi) is 5.49. The van der Waals surface area contributed by atoms with E-state index in [1.54, 1.807) is 11.3 Å². The van der Waals surface area contributed by atoms with E-state index in [2.05, 4.69) is 25.2 Å². The van der Waals surface area contributed by atoms with Gasteiger partial charge < -0.3 is 11.1 Å². The Morgan fingerprint density at radius 3 is 2.81 bits per heavy atom. The molecular formula is C12H20N2OS. The summed E-state index contributed by atoms with van der Waals surface area (Å²) in [7, 11) is 0. The number of hydrogen-bond donors (Lipinski definition) is 2. The predicted molar refractivity (Wildman–Crippen MR) is 68.3 cm³/mol. The third kappa shape index (κ3) is 3.94. The van der Waals surface area contributed by atoms with Crippen molar-refractivity contribution in [3.8, 4) is 0 Å². The second-order valence-electron chi connectivity index (χ2n) is 4.20. The maximum Gasteiger partial charge on any atom is 0.220 e. The molecule has 0 aliphatic heterocycles. The smallest absolute Gasteiger partial charge is 0.220 e. The summed E-state index contributed by atoms with van der Waals surface area (Å²) in [5.74, 6) is 0.498. The highest BCUT2D eigenvalue weighted by Crippen LogP contribution is 2.25. The zero-order valence-electron chi connectivity index (χ0n) is 9.90. The van der Waals surface area contributed by atoms with Crippen LogP contribution in [0.3, 0.4) is 0 Å². The fraction of sp³-hybridized carbons (Fsp3) is 0.583. The van der Waals surface area contributed by atoms with Crippen LogP contribution in [0.15, 0.2) is 17.5 Å². The summed E-state index contributed by atoms with van der Waals surface area (Å²) in [6.07, 6.45) is 1.27. The van der Waals surface area contributed by atoms with E-state index in [4.69, 9.17) is 5.73 Å². The van der Waals surface area contributed by atoms with Gasteiger partial charge in [-0.05, 0) is 30.3 Å². The van der Waals surface area contributed by atoms with Crippen molar-refractivity contribution in [1.82, 2.24) is 5.32 Å². The highest BCUT2D eigenvalue weighted by Gasteiger charge is 2.18. The second-order valence-corrected chi connectivity index (χ2v) is 5.18. The molecule has 4 heteroatoms. The van der Waals surface area contributed by atoms with Crippen LogP contribution >= 0.6 is 11.3 Å². The maximum atomic E-state index is 11.6. The van der Waals surface area contributed by atoms with Gasteiger partial charge >= 0.3 is 0 Å². The summed E-state index contributed by atoms with van der Waals surface area (Å²) in [5, 5.41) is 5.11. The Morgan fingerprint density at radius 2 is 2.31 bits per heavy atom. The molecule has 0 fully saturated rings. The molecule has 1 aromatic rings. The highest BCUT2D eigenvalue weighted by molar-refractivity contribution is 7.10. The molecule has 0 radical (unpaired) electrons. The molecule has 3 N–H and O–H groups in total. The number of carbonyl (C=O) groups excluding carboxylic acids is 1. The normalized spacial score (nSPS) is 12.8. The molecule has 16 heavy (non-hydrogen) atoms. The van der Waals surface area contributed by atoms with Gasteiger partial charge in [0.05, 0.1) is 6.04 Å². The lowest BCUT2D eigenvalue weighted by molar-refractivity contribution is -0.122. The summed E-state index contributed by atoms with van der Waals surface area (Å²) in [5.41, 5.74) is 5.38. The Hall–Kier alpha value is -0.870. The van der Waals surface area contributed by atoms with Crippen molar-refractivity contribution in [3.05, 3.63) is 22.4 Å². The third-order valence-corrected chi connectivity index (χ3v) is 3.40. The predicted octanol–water partition coefficient (Wildman–Crippen LogP) is 2.30. The molecule has 0 saturated heterocycles. The van der Waals surface area contributed by atoms with Crippen molar-refractivity contribution in [2.75, 3.05) is 6.54 Å². The van der Waals surface area contributed by atoms with Gasteiger partial charge in [-0.15, -0.1) is 11.3 Å². The molecule has 1 rings (SSSR count). The molecule has 90 valence electrons. The van der Waals surface area contributed by atoms with Crippen molar-refractivity contribution in [2.45, 2.75) is 32.7 Å². The number of amides is 1. The molecule has 1 aromatic heterocycles. The van der Waals surface area contributed by atoms with E-state index in [9.17, 15) is 4.79 Å². The summed E-state index contributed by atoms with van der Waals surface area (Å²) >= 11 is 1.69. The first-order valence-corrected chi connectivity index (χ1v) is 6.56. The largest absolute Gasteiger partial charge is 0.348 e. The van der Waals surface area contributed by atoms with E-state index in [1.807, 2.05) is 11.4 Å². The number of nitrogens with one attached hydrogen (secondary N) is 1. The number of carbonyl (C=O) groups is 1. The molecule has 0 saturated carbocycles. The summed E-state index contributed by atoms with van der Waals surface area (Å²) in [6.45, 7) is 4.81. The summed E-state index contributed by atoms with van der Waals surface area (Å²) < 4.78 is 0. The molecule has 1 amide bonds. The first-order valence-electron chi connectivity index (χ1n) is 5.68. The van der Waals surface area contributed by atoms with E-state index in [0.29, 0.717) is 18.9 Å². The quantitative estimate of drug-likeness (QED) is 0.801. The van der Waals surface area contributed by atoms with Crippen LogP contribution in [0.5, 0.6) is 0 Å². The first-order chi connectivity index (χ1) is 7.65. The molecule has 3 nitrogen and oxygen atoms in total. The van der Waals surface area contributed by atoms with Gasteiger partial charge in [0.15, 0.2) is 0 Å². The molecular weight excluding hydrogens is 220 g/mol. The van der Waals surface area contributed by atoms with Crippen molar-refractivity contribution in [3.63, 3.8) is 0 Å². The number of thiophene rings is 1. The van der Waals surface area contributed by atoms with Gasteiger partial charge in [0.25, 0.3) is 0 Å². The molecule has 0 aliphatic rings. The maximum absolute atomic E-state index is 11.6. The highest BCUT2D eigenvalue weighted by atomic mass is 32.1. The Bertz CT molecular complexity index is 309. The van der Waals surface area contributed by atoms with Gasteiger partial charge in [0, 0.05) is 11.3 Å². The van der Waals surface area contributed by atoms with Crippen LogP contribution in [-0.2, 0) is 4.79 Å². The Morgan fingerprint density at radius 1 is 1.56 bits per heavy atom. The zero-order valence-corrected chi connectivity index (χ0v) is 10.7. The molecule has 0 aromatic carbocycles. The zero-order chi connectivity index (χ0) is 12.0. The van der Waals surface area contributed by atoms with Crippen LogP contribution in [0, 0.1) is 5.92 Å². The first kappa shape index (κ1) is 13.2. The minimum atomic E-state index is 0.0950. The van der Waals surface area contributed by atoms with E-state index >= 15 is 0 Å². The van der Waals surface area contributed by atoms with E-state index < -0.39 is 0 Å². The van der Waals surface area contributed by atoms with Gasteiger partial charge in [-0.1, -0.05) is 19.9 Å². The molecule has 1 atom stereocenters.